The second kappa shape index (κ2) is 6.38. The Morgan fingerprint density at radius 1 is 1.25 bits per heavy atom. The summed E-state index contributed by atoms with van der Waals surface area (Å²) >= 11 is 0. The molecule has 0 aromatic carbocycles. The molecule has 0 bridgehead atoms. The van der Waals surface area contributed by atoms with E-state index in [1.54, 1.807) is 0 Å². The molecule has 0 aliphatic carbocycles. The van der Waals surface area contributed by atoms with Gasteiger partial charge in [0.15, 0.2) is 6.29 Å². The SMILES string of the molecule is O=C[C@H](O)[C@@H](OP(=O)(O)O)[C@H](O)[C@H](O)CO. The molecule has 16 heavy (non-hydrogen) atoms. The normalized spacial score (nSPS) is 19.9. The van der Waals surface area contributed by atoms with Gasteiger partial charge in [0.25, 0.3) is 0 Å². The maximum Gasteiger partial charge on any atom is 0.470 e. The highest BCUT2D eigenvalue weighted by molar-refractivity contribution is 7.46. The standard InChI is InChI=1S/C6H13O9P/c7-1-3(9)5(11)6(4(10)2-8)15-16(12,13)14/h2-7,9-11H,1H2,(H2,12,13,14)/t3-,4+,5-,6-/m1/s1. The van der Waals surface area contributed by atoms with Crippen molar-refractivity contribution in [3.05, 3.63) is 0 Å². The average Bonchev–Trinajstić information content (AvgIpc) is 2.21. The Morgan fingerprint density at radius 2 is 1.75 bits per heavy atom. The van der Waals surface area contributed by atoms with Gasteiger partial charge in [0.05, 0.1) is 6.61 Å². The molecule has 0 rings (SSSR count). The van der Waals surface area contributed by atoms with E-state index < -0.39 is 38.8 Å². The topological polar surface area (TPSA) is 165 Å². The number of phosphoric ester groups is 1. The number of aldehydes is 1. The van der Waals surface area contributed by atoms with Crippen molar-refractivity contribution < 1.29 is 44.1 Å². The molecule has 0 heterocycles. The maximum absolute atomic E-state index is 10.5. The summed E-state index contributed by atoms with van der Waals surface area (Å²) in [5.41, 5.74) is 0. The number of hydrogen-bond donors (Lipinski definition) is 6. The van der Waals surface area contributed by atoms with Gasteiger partial charge in [-0.05, 0) is 0 Å². The van der Waals surface area contributed by atoms with Gasteiger partial charge in [-0.3, -0.25) is 4.52 Å². The van der Waals surface area contributed by atoms with Gasteiger partial charge in [-0.1, -0.05) is 0 Å². The molecule has 0 amide bonds. The molecule has 0 saturated heterocycles. The second-order valence-corrected chi connectivity index (χ2v) is 4.12. The highest BCUT2D eigenvalue weighted by Crippen LogP contribution is 2.39. The Kier molecular flexibility index (Phi) is 6.23. The average molecular weight is 260 g/mol. The molecule has 4 atom stereocenters. The largest absolute Gasteiger partial charge is 0.470 e. The van der Waals surface area contributed by atoms with Crippen molar-refractivity contribution in [3.8, 4) is 0 Å². The van der Waals surface area contributed by atoms with E-state index in [2.05, 4.69) is 4.52 Å². The lowest BCUT2D eigenvalue weighted by Gasteiger charge is -2.27. The Bertz CT molecular complexity index is 263. The number of hydrogen-bond acceptors (Lipinski definition) is 7. The maximum atomic E-state index is 10.5. The zero-order valence-corrected chi connectivity index (χ0v) is 8.84. The molecule has 0 unspecified atom stereocenters. The Hall–Kier alpha value is -0.380. The molecule has 0 aliphatic heterocycles. The summed E-state index contributed by atoms with van der Waals surface area (Å²) in [5, 5.41) is 35.7. The number of carbonyl (C=O) groups is 1. The lowest BCUT2D eigenvalue weighted by molar-refractivity contribution is -0.134. The van der Waals surface area contributed by atoms with Crippen LogP contribution in [0.25, 0.3) is 0 Å². The monoisotopic (exact) mass is 260 g/mol. The zero-order chi connectivity index (χ0) is 12.9. The minimum Gasteiger partial charge on any atom is -0.394 e. The predicted molar refractivity (Wildman–Crippen MR) is 48.1 cm³/mol. The summed E-state index contributed by atoms with van der Waals surface area (Å²) in [5.74, 6) is 0. The first-order valence-corrected chi connectivity index (χ1v) is 5.60. The Morgan fingerprint density at radius 3 is 2.06 bits per heavy atom. The zero-order valence-electron chi connectivity index (χ0n) is 7.95. The summed E-state index contributed by atoms with van der Waals surface area (Å²) in [6.07, 6.45) is -8.07. The Labute approximate surface area is 90.2 Å². The van der Waals surface area contributed by atoms with Gasteiger partial charge in [0.1, 0.15) is 24.4 Å². The minimum atomic E-state index is -5.06. The molecule has 0 saturated carbocycles. The summed E-state index contributed by atoms with van der Waals surface area (Å²) in [6, 6.07) is 0. The second-order valence-electron chi connectivity index (χ2n) is 2.93. The smallest absolute Gasteiger partial charge is 0.394 e. The lowest BCUT2D eigenvalue weighted by atomic mass is 10.0. The van der Waals surface area contributed by atoms with E-state index in [9.17, 15) is 14.5 Å². The fraction of sp³-hybridized carbons (Fsp3) is 0.833. The molecule has 10 heteroatoms. The highest BCUT2D eigenvalue weighted by Gasteiger charge is 2.37. The van der Waals surface area contributed by atoms with Crippen LogP contribution in [-0.2, 0) is 13.9 Å². The molecule has 0 fully saturated rings. The van der Waals surface area contributed by atoms with Crippen molar-refractivity contribution in [1.82, 2.24) is 0 Å². The Balaban J connectivity index is 4.80. The van der Waals surface area contributed by atoms with Gasteiger partial charge in [-0.15, -0.1) is 0 Å². The van der Waals surface area contributed by atoms with Crippen molar-refractivity contribution in [3.63, 3.8) is 0 Å². The lowest BCUT2D eigenvalue weighted by Crippen LogP contribution is -2.47. The van der Waals surface area contributed by atoms with Crippen molar-refractivity contribution in [2.75, 3.05) is 6.61 Å². The van der Waals surface area contributed by atoms with Crippen LogP contribution in [-0.4, -0.2) is 67.5 Å². The van der Waals surface area contributed by atoms with Crippen LogP contribution in [0.2, 0.25) is 0 Å². The molecule has 6 N–H and O–H groups in total. The number of rotatable bonds is 7. The summed E-state index contributed by atoms with van der Waals surface area (Å²) in [7, 11) is -5.06. The van der Waals surface area contributed by atoms with Crippen LogP contribution in [0.3, 0.4) is 0 Å². The first kappa shape index (κ1) is 15.6. The first-order valence-electron chi connectivity index (χ1n) is 4.07. The number of carbonyl (C=O) groups excluding carboxylic acids is 1. The molecule has 0 aromatic rings. The number of aliphatic hydroxyl groups is 4. The van der Waals surface area contributed by atoms with Crippen LogP contribution >= 0.6 is 7.82 Å². The third kappa shape index (κ3) is 5.10. The van der Waals surface area contributed by atoms with Crippen LogP contribution in [0.4, 0.5) is 0 Å². The van der Waals surface area contributed by atoms with E-state index in [0.29, 0.717) is 0 Å². The molecular formula is C6H13O9P. The number of aliphatic hydroxyl groups excluding tert-OH is 4. The van der Waals surface area contributed by atoms with E-state index in [0.717, 1.165) is 0 Å². The van der Waals surface area contributed by atoms with Crippen LogP contribution in [0.1, 0.15) is 0 Å². The van der Waals surface area contributed by atoms with Gasteiger partial charge in [0, 0.05) is 0 Å². The molecule has 0 aliphatic rings. The van der Waals surface area contributed by atoms with E-state index in [1.165, 1.54) is 0 Å². The fourth-order valence-corrected chi connectivity index (χ4v) is 1.46. The fourth-order valence-electron chi connectivity index (χ4n) is 0.890. The van der Waals surface area contributed by atoms with Crippen molar-refractivity contribution in [2.45, 2.75) is 24.4 Å². The van der Waals surface area contributed by atoms with E-state index in [4.69, 9.17) is 25.1 Å². The predicted octanol–water partition coefficient (Wildman–Crippen LogP) is -3.26. The van der Waals surface area contributed by atoms with E-state index in [-0.39, 0.29) is 6.29 Å². The van der Waals surface area contributed by atoms with Crippen LogP contribution < -0.4 is 0 Å². The van der Waals surface area contributed by atoms with E-state index >= 15 is 0 Å². The van der Waals surface area contributed by atoms with Gasteiger partial charge in [0.2, 0.25) is 0 Å². The van der Waals surface area contributed by atoms with Crippen LogP contribution in [0, 0.1) is 0 Å². The van der Waals surface area contributed by atoms with Crippen molar-refractivity contribution in [2.24, 2.45) is 0 Å². The number of phosphoric acid groups is 1. The first-order chi connectivity index (χ1) is 7.22. The summed E-state index contributed by atoms with van der Waals surface area (Å²) in [4.78, 5) is 27.1. The van der Waals surface area contributed by atoms with Crippen molar-refractivity contribution >= 4 is 14.1 Å². The molecule has 96 valence electrons. The highest BCUT2D eigenvalue weighted by atomic mass is 31.2. The van der Waals surface area contributed by atoms with Gasteiger partial charge in [-0.25, -0.2) is 4.57 Å². The molecule has 0 aromatic heterocycles. The van der Waals surface area contributed by atoms with Gasteiger partial charge in [-0.2, -0.15) is 0 Å². The summed E-state index contributed by atoms with van der Waals surface area (Å²) < 4.78 is 14.4. The van der Waals surface area contributed by atoms with Gasteiger partial charge >= 0.3 is 7.82 Å². The molecule has 9 nitrogen and oxygen atoms in total. The van der Waals surface area contributed by atoms with Crippen molar-refractivity contribution in [1.29, 1.82) is 0 Å². The van der Waals surface area contributed by atoms with Crippen LogP contribution in [0.15, 0.2) is 0 Å². The van der Waals surface area contributed by atoms with E-state index in [1.807, 2.05) is 0 Å². The molecule has 0 radical (unpaired) electrons. The van der Waals surface area contributed by atoms with Crippen LogP contribution in [0.5, 0.6) is 0 Å². The molecule has 0 spiro atoms. The third-order valence-corrected chi connectivity index (χ3v) is 2.17. The molecular weight excluding hydrogens is 247 g/mol. The minimum absolute atomic E-state index is 0.131. The summed E-state index contributed by atoms with van der Waals surface area (Å²) in [6.45, 7) is -0.937. The van der Waals surface area contributed by atoms with Gasteiger partial charge < -0.3 is 35.0 Å². The quantitative estimate of drug-likeness (QED) is 0.203. The third-order valence-electron chi connectivity index (χ3n) is 1.65.